The molecule has 1 aliphatic heterocycles. The highest BCUT2D eigenvalue weighted by Gasteiger charge is 2.28. The van der Waals surface area contributed by atoms with Gasteiger partial charge in [-0.25, -0.2) is 0 Å². The van der Waals surface area contributed by atoms with E-state index in [-0.39, 0.29) is 12.1 Å². The number of rotatable bonds is 9. The van der Waals surface area contributed by atoms with E-state index in [1.165, 1.54) is 32.1 Å². The van der Waals surface area contributed by atoms with Gasteiger partial charge in [-0.05, 0) is 12.8 Å². The molecule has 2 unspecified atom stereocenters. The first-order valence-corrected chi connectivity index (χ1v) is 7.06. The fourth-order valence-electron chi connectivity index (χ4n) is 2.38. The summed E-state index contributed by atoms with van der Waals surface area (Å²) in [5, 5.41) is 3.24. The predicted octanol–water partition coefficient (Wildman–Crippen LogP) is 2.68. The van der Waals surface area contributed by atoms with Crippen LogP contribution in [-0.4, -0.2) is 31.6 Å². The van der Waals surface area contributed by atoms with Crippen molar-refractivity contribution in [2.45, 2.75) is 70.4 Å². The largest absolute Gasteiger partial charge is 0.380 e. The molecule has 0 saturated carbocycles. The minimum Gasteiger partial charge on any atom is -0.380 e. The van der Waals surface area contributed by atoms with E-state index in [1.807, 2.05) is 0 Å². The van der Waals surface area contributed by atoms with Gasteiger partial charge in [0.25, 0.3) is 0 Å². The van der Waals surface area contributed by atoms with Crippen LogP contribution >= 0.6 is 0 Å². The fourth-order valence-corrected chi connectivity index (χ4v) is 2.38. The van der Waals surface area contributed by atoms with Crippen LogP contribution in [0.2, 0.25) is 0 Å². The molecular formula is C14H27NO2. The van der Waals surface area contributed by atoms with Crippen molar-refractivity contribution in [2.75, 3.05) is 13.7 Å². The Morgan fingerprint density at radius 3 is 2.59 bits per heavy atom. The van der Waals surface area contributed by atoms with E-state index < -0.39 is 0 Å². The average molecular weight is 241 g/mol. The number of nitrogens with one attached hydrogen (secondary N) is 1. The van der Waals surface area contributed by atoms with E-state index in [0.717, 1.165) is 25.8 Å². The minimum absolute atomic E-state index is 0.0515. The van der Waals surface area contributed by atoms with Crippen molar-refractivity contribution in [1.29, 1.82) is 0 Å². The second-order valence-corrected chi connectivity index (χ2v) is 5.04. The quantitative estimate of drug-likeness (QED) is 0.631. The summed E-state index contributed by atoms with van der Waals surface area (Å²) in [5.74, 6) is 0.375. The number of Topliss-reactive ketones (excluding diaryl/α,β-unsaturated/α-hetero) is 1. The molecule has 1 saturated heterocycles. The van der Waals surface area contributed by atoms with Gasteiger partial charge in [0.05, 0.1) is 12.1 Å². The van der Waals surface area contributed by atoms with Gasteiger partial charge in [0.2, 0.25) is 0 Å². The molecule has 3 heteroatoms. The number of carbonyl (C=O) groups is 1. The zero-order chi connectivity index (χ0) is 12.5. The molecule has 0 radical (unpaired) electrons. The van der Waals surface area contributed by atoms with Crippen LogP contribution in [0.3, 0.4) is 0 Å². The van der Waals surface area contributed by atoms with Crippen LogP contribution in [0, 0.1) is 0 Å². The fraction of sp³-hybridized carbons (Fsp3) is 0.929. The first kappa shape index (κ1) is 14.7. The molecule has 0 aromatic heterocycles. The Morgan fingerprint density at radius 2 is 1.94 bits per heavy atom. The lowest BCUT2D eigenvalue weighted by atomic mass is 10.0. The number of ketones is 1. The summed E-state index contributed by atoms with van der Waals surface area (Å²) < 4.78 is 5.25. The molecule has 1 N–H and O–H groups in total. The highest BCUT2D eigenvalue weighted by Crippen LogP contribution is 2.14. The molecule has 0 aromatic rings. The van der Waals surface area contributed by atoms with E-state index in [9.17, 15) is 4.79 Å². The van der Waals surface area contributed by atoms with Crippen LogP contribution in [0.15, 0.2) is 0 Å². The summed E-state index contributed by atoms with van der Waals surface area (Å²) >= 11 is 0. The number of methoxy groups -OCH3 is 1. The number of unbranched alkanes of at least 4 members (excludes halogenated alkanes) is 5. The third-order valence-electron chi connectivity index (χ3n) is 3.59. The van der Waals surface area contributed by atoms with E-state index in [1.54, 1.807) is 7.11 Å². The predicted molar refractivity (Wildman–Crippen MR) is 70.2 cm³/mol. The molecule has 3 nitrogen and oxygen atoms in total. The zero-order valence-electron chi connectivity index (χ0n) is 11.3. The van der Waals surface area contributed by atoms with Gasteiger partial charge >= 0.3 is 0 Å². The minimum atomic E-state index is 0.0515. The Kier molecular flexibility index (Phi) is 7.45. The molecule has 17 heavy (non-hydrogen) atoms. The number of ether oxygens (including phenoxy) is 1. The van der Waals surface area contributed by atoms with Crippen LogP contribution in [0.25, 0.3) is 0 Å². The Labute approximate surface area is 105 Å². The molecule has 1 aliphatic rings. The summed E-state index contributed by atoms with van der Waals surface area (Å²) in [4.78, 5) is 11.9. The SMILES string of the molecule is CCCCCCCCC(=O)C1CC(OC)CN1. The standard InChI is InChI=1S/C14H27NO2/c1-3-4-5-6-7-8-9-14(16)13-10-12(17-2)11-15-13/h12-13,15H,3-11H2,1-2H3. The van der Waals surface area contributed by atoms with Gasteiger partial charge in [-0.2, -0.15) is 0 Å². The van der Waals surface area contributed by atoms with Crippen LogP contribution in [0.1, 0.15) is 58.3 Å². The van der Waals surface area contributed by atoms with Crippen LogP contribution in [0.4, 0.5) is 0 Å². The molecule has 0 aromatic carbocycles. The molecule has 0 bridgehead atoms. The van der Waals surface area contributed by atoms with Crippen molar-refractivity contribution in [3.8, 4) is 0 Å². The third-order valence-corrected chi connectivity index (χ3v) is 3.59. The van der Waals surface area contributed by atoms with Crippen LogP contribution < -0.4 is 5.32 Å². The van der Waals surface area contributed by atoms with Crippen molar-refractivity contribution in [1.82, 2.24) is 5.32 Å². The van der Waals surface area contributed by atoms with Crippen LogP contribution in [0.5, 0.6) is 0 Å². The first-order chi connectivity index (χ1) is 8.27. The lowest BCUT2D eigenvalue weighted by Gasteiger charge is -2.09. The van der Waals surface area contributed by atoms with Gasteiger partial charge in [-0.15, -0.1) is 0 Å². The molecular weight excluding hydrogens is 214 g/mol. The zero-order valence-corrected chi connectivity index (χ0v) is 11.3. The van der Waals surface area contributed by atoms with Crippen molar-refractivity contribution in [3.05, 3.63) is 0 Å². The molecule has 1 rings (SSSR count). The van der Waals surface area contributed by atoms with Crippen molar-refractivity contribution in [3.63, 3.8) is 0 Å². The number of carbonyl (C=O) groups excluding carboxylic acids is 1. The maximum atomic E-state index is 11.9. The highest BCUT2D eigenvalue weighted by atomic mass is 16.5. The van der Waals surface area contributed by atoms with E-state index in [0.29, 0.717) is 5.78 Å². The monoisotopic (exact) mass is 241 g/mol. The van der Waals surface area contributed by atoms with Crippen molar-refractivity contribution in [2.24, 2.45) is 0 Å². The molecule has 0 spiro atoms. The lowest BCUT2D eigenvalue weighted by Crippen LogP contribution is -2.30. The summed E-state index contributed by atoms with van der Waals surface area (Å²) in [6.07, 6.45) is 9.28. The van der Waals surface area contributed by atoms with Gasteiger partial charge in [-0.3, -0.25) is 4.79 Å². The first-order valence-electron chi connectivity index (χ1n) is 7.06. The van der Waals surface area contributed by atoms with Gasteiger partial charge in [-0.1, -0.05) is 39.0 Å². The van der Waals surface area contributed by atoms with Gasteiger partial charge in [0.1, 0.15) is 5.78 Å². The van der Waals surface area contributed by atoms with Gasteiger partial charge in [0.15, 0.2) is 0 Å². The maximum Gasteiger partial charge on any atom is 0.149 e. The normalized spacial score (nSPS) is 24.1. The average Bonchev–Trinajstić information content (AvgIpc) is 2.82. The molecule has 1 heterocycles. The molecule has 0 aliphatic carbocycles. The Balaban J connectivity index is 2.01. The smallest absolute Gasteiger partial charge is 0.149 e. The summed E-state index contributed by atoms with van der Waals surface area (Å²) in [6, 6.07) is 0.0515. The van der Waals surface area contributed by atoms with E-state index >= 15 is 0 Å². The molecule has 100 valence electrons. The Bertz CT molecular complexity index is 218. The summed E-state index contributed by atoms with van der Waals surface area (Å²) in [6.45, 7) is 3.05. The second-order valence-electron chi connectivity index (χ2n) is 5.04. The molecule has 1 fully saturated rings. The molecule has 0 amide bonds. The lowest BCUT2D eigenvalue weighted by molar-refractivity contribution is -0.121. The highest BCUT2D eigenvalue weighted by molar-refractivity contribution is 5.84. The Hall–Kier alpha value is -0.410. The van der Waals surface area contributed by atoms with Gasteiger partial charge in [0, 0.05) is 20.1 Å². The van der Waals surface area contributed by atoms with Crippen molar-refractivity contribution >= 4 is 5.78 Å². The summed E-state index contributed by atoms with van der Waals surface area (Å²) in [5.41, 5.74) is 0. The topological polar surface area (TPSA) is 38.3 Å². The second kappa shape index (κ2) is 8.65. The molecule has 2 atom stereocenters. The van der Waals surface area contributed by atoms with Crippen molar-refractivity contribution < 1.29 is 9.53 Å². The Morgan fingerprint density at radius 1 is 1.24 bits per heavy atom. The van der Waals surface area contributed by atoms with Crippen LogP contribution in [-0.2, 0) is 9.53 Å². The third kappa shape index (κ3) is 5.64. The number of hydrogen-bond acceptors (Lipinski definition) is 3. The summed E-state index contributed by atoms with van der Waals surface area (Å²) in [7, 11) is 1.72. The van der Waals surface area contributed by atoms with Gasteiger partial charge < -0.3 is 10.1 Å². The number of hydrogen-bond donors (Lipinski definition) is 1. The van der Waals surface area contributed by atoms with E-state index in [2.05, 4.69) is 12.2 Å². The van der Waals surface area contributed by atoms with E-state index in [4.69, 9.17) is 4.74 Å². The maximum absolute atomic E-state index is 11.9.